The summed E-state index contributed by atoms with van der Waals surface area (Å²) in [4.78, 5) is 24.0. The van der Waals surface area contributed by atoms with Gasteiger partial charge in [0, 0.05) is 24.2 Å². The molecular weight excluding hydrogens is 366 g/mol. The van der Waals surface area contributed by atoms with Crippen LogP contribution in [0.4, 0.5) is 14.5 Å². The van der Waals surface area contributed by atoms with Crippen molar-refractivity contribution in [3.05, 3.63) is 58.6 Å². The van der Waals surface area contributed by atoms with Gasteiger partial charge in [-0.1, -0.05) is 29.8 Å². The van der Waals surface area contributed by atoms with E-state index in [1.807, 2.05) is 19.1 Å². The van der Waals surface area contributed by atoms with Crippen molar-refractivity contribution in [3.8, 4) is 5.75 Å². The first-order chi connectivity index (χ1) is 12.4. The number of carbonyl (C=O) groups excluding carboxylic acids is 2. The summed E-state index contributed by atoms with van der Waals surface area (Å²) in [5, 5.41) is 5.19. The Hall–Kier alpha value is -2.67. The minimum atomic E-state index is -2.98. The van der Waals surface area contributed by atoms with Crippen LogP contribution in [0, 0.1) is 6.92 Å². The highest BCUT2D eigenvalue weighted by molar-refractivity contribution is 6.32. The maximum Gasteiger partial charge on any atom is 0.387 e. The predicted octanol–water partition coefficient (Wildman–Crippen LogP) is 4.01. The van der Waals surface area contributed by atoms with Gasteiger partial charge < -0.3 is 15.4 Å². The molecule has 0 aliphatic rings. The summed E-state index contributed by atoms with van der Waals surface area (Å²) in [7, 11) is 0. The van der Waals surface area contributed by atoms with E-state index < -0.39 is 6.61 Å². The van der Waals surface area contributed by atoms with Gasteiger partial charge in [-0.2, -0.15) is 8.78 Å². The summed E-state index contributed by atoms with van der Waals surface area (Å²) in [6.45, 7) is -1.00. The fraction of sp³-hybridized carbons (Fsp3) is 0.222. The molecule has 2 amide bonds. The van der Waals surface area contributed by atoms with E-state index >= 15 is 0 Å². The Balaban J connectivity index is 1.83. The average Bonchev–Trinajstić information content (AvgIpc) is 2.57. The molecule has 0 aliphatic carbocycles. The maximum absolute atomic E-state index is 12.2. The van der Waals surface area contributed by atoms with Crippen LogP contribution >= 0.6 is 11.6 Å². The first-order valence-electron chi connectivity index (χ1n) is 7.75. The lowest BCUT2D eigenvalue weighted by atomic mass is 10.1. The molecule has 0 heterocycles. The van der Waals surface area contributed by atoms with E-state index in [0.717, 1.165) is 5.56 Å². The number of carbonyl (C=O) groups is 2. The highest BCUT2D eigenvalue weighted by Gasteiger charge is 2.11. The van der Waals surface area contributed by atoms with Gasteiger partial charge in [0.25, 0.3) is 5.91 Å². The van der Waals surface area contributed by atoms with Crippen molar-refractivity contribution >= 4 is 29.1 Å². The lowest BCUT2D eigenvalue weighted by molar-refractivity contribution is -0.116. The predicted molar refractivity (Wildman–Crippen MR) is 94.8 cm³/mol. The molecule has 26 heavy (non-hydrogen) atoms. The zero-order valence-electron chi connectivity index (χ0n) is 13.9. The molecule has 0 bridgehead atoms. The van der Waals surface area contributed by atoms with Gasteiger partial charge in [-0.25, -0.2) is 0 Å². The highest BCUT2D eigenvalue weighted by atomic mass is 35.5. The van der Waals surface area contributed by atoms with Crippen molar-refractivity contribution < 1.29 is 23.1 Å². The van der Waals surface area contributed by atoms with Gasteiger partial charge in [0.2, 0.25) is 5.91 Å². The molecule has 0 aromatic heterocycles. The number of halogens is 3. The fourth-order valence-corrected chi connectivity index (χ4v) is 2.43. The number of nitrogens with one attached hydrogen (secondary N) is 2. The molecule has 138 valence electrons. The number of anilines is 1. The van der Waals surface area contributed by atoms with Gasteiger partial charge >= 0.3 is 6.61 Å². The molecular formula is C18H17ClF2N2O3. The second kappa shape index (κ2) is 9.15. The van der Waals surface area contributed by atoms with Gasteiger partial charge in [-0.3, -0.25) is 9.59 Å². The number of rotatable bonds is 7. The van der Waals surface area contributed by atoms with Crippen LogP contribution in [0.2, 0.25) is 5.02 Å². The number of hydrogen-bond donors (Lipinski definition) is 2. The number of hydrogen-bond acceptors (Lipinski definition) is 3. The van der Waals surface area contributed by atoms with E-state index in [2.05, 4.69) is 15.4 Å². The van der Waals surface area contributed by atoms with E-state index in [1.165, 1.54) is 18.2 Å². The number of ether oxygens (including phenoxy) is 1. The first-order valence-corrected chi connectivity index (χ1v) is 8.12. The Kier molecular flexibility index (Phi) is 6.91. The van der Waals surface area contributed by atoms with E-state index in [9.17, 15) is 18.4 Å². The van der Waals surface area contributed by atoms with Crippen molar-refractivity contribution in [1.29, 1.82) is 0 Å². The van der Waals surface area contributed by atoms with Gasteiger partial charge in [-0.15, -0.1) is 0 Å². The monoisotopic (exact) mass is 382 g/mol. The quantitative estimate of drug-likeness (QED) is 0.760. The largest absolute Gasteiger partial charge is 0.433 e. The second-order valence-corrected chi connectivity index (χ2v) is 5.80. The molecule has 0 fully saturated rings. The average molecular weight is 383 g/mol. The Morgan fingerprint density at radius 2 is 1.92 bits per heavy atom. The number of aryl methyl sites for hydroxylation is 1. The summed E-state index contributed by atoms with van der Waals surface area (Å²) in [6.07, 6.45) is 0.0462. The molecule has 2 aromatic carbocycles. The van der Waals surface area contributed by atoms with Crippen LogP contribution < -0.4 is 15.4 Å². The minimum absolute atomic E-state index is 0.0454. The van der Waals surface area contributed by atoms with Crippen LogP contribution in [0.25, 0.3) is 0 Å². The summed E-state index contributed by atoms with van der Waals surface area (Å²) in [6, 6.07) is 11.1. The molecule has 2 rings (SSSR count). The fourth-order valence-electron chi connectivity index (χ4n) is 2.21. The number of benzene rings is 2. The summed E-state index contributed by atoms with van der Waals surface area (Å²) < 4.78 is 28.6. The second-order valence-electron chi connectivity index (χ2n) is 5.39. The highest BCUT2D eigenvalue weighted by Crippen LogP contribution is 2.28. The zero-order chi connectivity index (χ0) is 19.1. The van der Waals surface area contributed by atoms with Crippen LogP contribution in [-0.2, 0) is 4.79 Å². The van der Waals surface area contributed by atoms with Gasteiger partial charge in [0.1, 0.15) is 5.75 Å². The van der Waals surface area contributed by atoms with Crippen molar-refractivity contribution in [2.75, 3.05) is 11.9 Å². The Morgan fingerprint density at radius 3 is 2.58 bits per heavy atom. The maximum atomic E-state index is 12.2. The molecule has 8 heteroatoms. The molecule has 0 aliphatic heterocycles. The van der Waals surface area contributed by atoms with Crippen LogP contribution in [0.1, 0.15) is 22.3 Å². The molecule has 0 unspecified atom stereocenters. The van der Waals surface area contributed by atoms with Gasteiger partial charge in [0.15, 0.2) is 0 Å². The van der Waals surface area contributed by atoms with Crippen molar-refractivity contribution in [3.63, 3.8) is 0 Å². The molecule has 0 atom stereocenters. The smallest absolute Gasteiger partial charge is 0.387 e. The zero-order valence-corrected chi connectivity index (χ0v) is 14.6. The summed E-state index contributed by atoms with van der Waals surface area (Å²) in [5.41, 5.74) is 1.73. The Morgan fingerprint density at radius 1 is 1.19 bits per heavy atom. The third-order valence-electron chi connectivity index (χ3n) is 3.46. The van der Waals surface area contributed by atoms with E-state index in [-0.39, 0.29) is 35.6 Å². The third-order valence-corrected chi connectivity index (χ3v) is 3.75. The van der Waals surface area contributed by atoms with Crippen LogP contribution in [-0.4, -0.2) is 25.0 Å². The third kappa shape index (κ3) is 5.70. The van der Waals surface area contributed by atoms with Crippen LogP contribution in [0.5, 0.6) is 5.75 Å². The van der Waals surface area contributed by atoms with Crippen LogP contribution in [0.15, 0.2) is 42.5 Å². The Bertz CT molecular complexity index is 800. The topological polar surface area (TPSA) is 67.4 Å². The molecule has 0 radical (unpaired) electrons. The lowest BCUT2D eigenvalue weighted by Crippen LogP contribution is -2.28. The summed E-state index contributed by atoms with van der Waals surface area (Å²) >= 11 is 5.82. The summed E-state index contributed by atoms with van der Waals surface area (Å²) in [5.74, 6) is -0.786. The Labute approximate surface area is 154 Å². The van der Waals surface area contributed by atoms with E-state index in [1.54, 1.807) is 12.1 Å². The molecule has 5 nitrogen and oxygen atoms in total. The van der Waals surface area contributed by atoms with E-state index in [0.29, 0.717) is 11.3 Å². The van der Waals surface area contributed by atoms with Crippen molar-refractivity contribution in [2.24, 2.45) is 0 Å². The van der Waals surface area contributed by atoms with Crippen molar-refractivity contribution in [2.45, 2.75) is 20.0 Å². The van der Waals surface area contributed by atoms with Crippen LogP contribution in [0.3, 0.4) is 0 Å². The standard InChI is InChI=1S/C18H17ClF2N2O3/c1-11-4-2-3-5-13(11)17(25)22-9-8-16(24)23-12-6-7-15(14(19)10-12)26-18(20)21/h2-7,10,18H,8-9H2,1H3,(H,22,25)(H,23,24). The van der Waals surface area contributed by atoms with Gasteiger partial charge in [-0.05, 0) is 36.8 Å². The molecule has 0 saturated carbocycles. The SMILES string of the molecule is Cc1ccccc1C(=O)NCCC(=O)Nc1ccc(OC(F)F)c(Cl)c1. The van der Waals surface area contributed by atoms with E-state index in [4.69, 9.17) is 11.6 Å². The lowest BCUT2D eigenvalue weighted by Gasteiger charge is -2.10. The minimum Gasteiger partial charge on any atom is -0.433 e. The normalized spacial score (nSPS) is 10.5. The molecule has 2 aromatic rings. The molecule has 0 saturated heterocycles. The molecule has 2 N–H and O–H groups in total. The number of amides is 2. The first kappa shape index (κ1) is 19.7. The van der Waals surface area contributed by atoms with Gasteiger partial charge in [0.05, 0.1) is 5.02 Å². The molecule has 0 spiro atoms. The number of alkyl halides is 2. The van der Waals surface area contributed by atoms with Crippen molar-refractivity contribution in [1.82, 2.24) is 5.32 Å².